The number of carbonyl (C=O) groups is 2. The van der Waals surface area contributed by atoms with Crippen molar-refractivity contribution in [2.24, 2.45) is 29.6 Å². The number of hydrogen-bond acceptors (Lipinski definition) is 6. The van der Waals surface area contributed by atoms with Crippen LogP contribution < -0.4 is 14.5 Å². The fraction of sp³-hybridized carbons (Fsp3) is 0.324. The number of rotatable bonds is 5. The Morgan fingerprint density at radius 1 is 0.933 bits per heavy atom. The minimum Gasteiger partial charge on any atom is -0.489 e. The van der Waals surface area contributed by atoms with Gasteiger partial charge in [-0.15, -0.1) is 11.8 Å². The summed E-state index contributed by atoms with van der Waals surface area (Å²) < 4.78 is 47.8. The zero-order chi connectivity index (χ0) is 31.2. The Kier molecular flexibility index (Phi) is 6.58. The highest BCUT2D eigenvalue weighted by Crippen LogP contribution is 2.68. The van der Waals surface area contributed by atoms with Crippen LogP contribution in [0.3, 0.4) is 0 Å². The number of aromatic amines is 1. The summed E-state index contributed by atoms with van der Waals surface area (Å²) in [6, 6.07) is 20.7. The number of amides is 2. The Bertz CT molecular complexity index is 1900. The number of H-pyrrole nitrogens is 1. The molecule has 4 aromatic rings. The maximum atomic E-state index is 13.9. The third kappa shape index (κ3) is 4.49. The summed E-state index contributed by atoms with van der Waals surface area (Å²) >= 11 is 2.71. The number of fused-ring (bicyclic) bond motifs is 9. The van der Waals surface area contributed by atoms with Gasteiger partial charge in [-0.1, -0.05) is 65.4 Å². The predicted molar refractivity (Wildman–Crippen MR) is 164 cm³/mol. The molecule has 3 heterocycles. The van der Waals surface area contributed by atoms with Gasteiger partial charge < -0.3 is 9.72 Å². The molecule has 2 amide bonds. The predicted octanol–water partition coefficient (Wildman–Crippen LogP) is 7.02. The number of halogens is 3. The van der Waals surface area contributed by atoms with Gasteiger partial charge in [0, 0.05) is 16.0 Å². The number of para-hydroxylation sites is 1. The van der Waals surface area contributed by atoms with E-state index in [2.05, 4.69) is 11.1 Å². The molecule has 1 aromatic heterocycles. The van der Waals surface area contributed by atoms with Gasteiger partial charge in [0.05, 0.1) is 28.1 Å². The molecule has 8 rings (SSSR count). The summed E-state index contributed by atoms with van der Waals surface area (Å²) in [5, 5.41) is 0.710. The standard InChI is InChI=1S/C34H27F3N2O4S2/c1-16-5-4-6-17(13-16)15-43-19-11-9-18(10-12-19)24-25-20-14-21(28(25)44-30-29(24)45-33(42)38-30)27-26(20)31(40)39(32(27)41)23-8-3-2-7-22(23)34(35,36)37/h2-13,20-21,24-28H,14-15H2,1H3,(H,38,42)/t20-,21-,24?,25?,26?,27?,28?/m1/s1. The monoisotopic (exact) mass is 648 g/mol. The molecule has 4 aliphatic rings. The highest BCUT2D eigenvalue weighted by atomic mass is 32.2. The molecule has 7 atom stereocenters. The number of nitrogens with zero attached hydrogens (tertiary/aromatic N) is 1. The first-order valence-electron chi connectivity index (χ1n) is 14.8. The highest BCUT2D eigenvalue weighted by Gasteiger charge is 2.70. The summed E-state index contributed by atoms with van der Waals surface area (Å²) in [6.45, 7) is 2.45. The normalized spacial score (nSPS) is 28.3. The summed E-state index contributed by atoms with van der Waals surface area (Å²) in [4.78, 5) is 44.9. The molecular weight excluding hydrogens is 622 g/mol. The number of anilines is 1. The van der Waals surface area contributed by atoms with E-state index < -0.39 is 41.1 Å². The summed E-state index contributed by atoms with van der Waals surface area (Å²) in [7, 11) is 0. The van der Waals surface area contributed by atoms with Crippen molar-refractivity contribution in [3.63, 3.8) is 0 Å². The summed E-state index contributed by atoms with van der Waals surface area (Å²) in [5.41, 5.74) is 1.80. The Labute approximate surface area is 264 Å². The number of imide groups is 1. The van der Waals surface area contributed by atoms with E-state index in [1.54, 1.807) is 11.8 Å². The first kappa shape index (κ1) is 28.6. The van der Waals surface area contributed by atoms with Crippen LogP contribution >= 0.6 is 23.1 Å². The van der Waals surface area contributed by atoms with Gasteiger partial charge in [0.25, 0.3) is 0 Å². The fourth-order valence-electron chi connectivity index (χ4n) is 8.28. The van der Waals surface area contributed by atoms with Crippen LogP contribution in [0, 0.1) is 36.5 Å². The molecule has 1 saturated heterocycles. The Morgan fingerprint density at radius 3 is 2.40 bits per heavy atom. The first-order valence-corrected chi connectivity index (χ1v) is 16.5. The minimum absolute atomic E-state index is 0.0613. The van der Waals surface area contributed by atoms with Crippen LogP contribution in [0.5, 0.6) is 5.75 Å². The molecule has 5 unspecified atom stereocenters. The van der Waals surface area contributed by atoms with Crippen molar-refractivity contribution in [3.05, 3.63) is 110 Å². The topological polar surface area (TPSA) is 79.5 Å². The van der Waals surface area contributed by atoms with E-state index in [4.69, 9.17) is 4.74 Å². The van der Waals surface area contributed by atoms with Gasteiger partial charge >= 0.3 is 11.0 Å². The number of benzene rings is 3. The van der Waals surface area contributed by atoms with Gasteiger partial charge in [0.2, 0.25) is 11.8 Å². The van der Waals surface area contributed by atoms with Crippen molar-refractivity contribution in [2.75, 3.05) is 4.90 Å². The number of hydrogen-bond donors (Lipinski definition) is 1. The average Bonchev–Trinajstić information content (AvgIpc) is 3.75. The fourth-order valence-corrected chi connectivity index (χ4v) is 11.2. The summed E-state index contributed by atoms with van der Waals surface area (Å²) in [6.07, 6.45) is -4.06. The van der Waals surface area contributed by atoms with Gasteiger partial charge in [-0.2, -0.15) is 13.2 Å². The van der Waals surface area contributed by atoms with Gasteiger partial charge in [-0.05, 0) is 66.5 Å². The number of nitrogens with one attached hydrogen (secondary N) is 1. The van der Waals surface area contributed by atoms with Crippen molar-refractivity contribution < 1.29 is 27.5 Å². The second kappa shape index (κ2) is 10.3. The minimum atomic E-state index is -4.71. The number of aromatic nitrogens is 1. The molecular formula is C34H27F3N2O4S2. The van der Waals surface area contributed by atoms with E-state index in [1.165, 1.54) is 18.2 Å². The number of aryl methyl sites for hydroxylation is 1. The van der Waals surface area contributed by atoms with Gasteiger partial charge in [-0.25, -0.2) is 4.90 Å². The molecule has 0 radical (unpaired) electrons. The molecule has 2 bridgehead atoms. The molecule has 2 aliphatic carbocycles. The molecule has 2 aliphatic heterocycles. The number of carbonyl (C=O) groups excluding carboxylic acids is 2. The lowest BCUT2D eigenvalue weighted by Crippen LogP contribution is -2.42. The maximum Gasteiger partial charge on any atom is 0.418 e. The van der Waals surface area contributed by atoms with Crippen LogP contribution in [0.1, 0.15) is 39.5 Å². The molecule has 1 N–H and O–H groups in total. The van der Waals surface area contributed by atoms with E-state index in [0.29, 0.717) is 18.8 Å². The van der Waals surface area contributed by atoms with Gasteiger partial charge in [-0.3, -0.25) is 14.4 Å². The van der Waals surface area contributed by atoms with E-state index in [9.17, 15) is 27.6 Å². The van der Waals surface area contributed by atoms with Crippen molar-refractivity contribution in [2.45, 2.75) is 42.3 Å². The molecule has 45 heavy (non-hydrogen) atoms. The Hall–Kier alpha value is -3.83. The van der Waals surface area contributed by atoms with Crippen LogP contribution in [0.15, 0.2) is 82.6 Å². The lowest BCUT2D eigenvalue weighted by molar-refractivity contribution is -0.137. The third-order valence-electron chi connectivity index (χ3n) is 9.90. The Morgan fingerprint density at radius 2 is 1.67 bits per heavy atom. The van der Waals surface area contributed by atoms with Gasteiger partial charge in [0.1, 0.15) is 12.4 Å². The van der Waals surface area contributed by atoms with Crippen molar-refractivity contribution in [3.8, 4) is 5.75 Å². The number of ether oxygens (including phenoxy) is 1. The molecule has 0 spiro atoms. The van der Waals surface area contributed by atoms with Crippen LogP contribution in [0.2, 0.25) is 0 Å². The zero-order valence-electron chi connectivity index (χ0n) is 23.9. The first-order chi connectivity index (χ1) is 21.6. The lowest BCUT2D eigenvalue weighted by Gasteiger charge is -2.43. The quantitative estimate of drug-likeness (QED) is 0.236. The van der Waals surface area contributed by atoms with Crippen LogP contribution in [-0.4, -0.2) is 22.0 Å². The van der Waals surface area contributed by atoms with Crippen molar-refractivity contribution >= 4 is 40.6 Å². The highest BCUT2D eigenvalue weighted by molar-refractivity contribution is 8.00. The molecule has 3 aromatic carbocycles. The van der Waals surface area contributed by atoms with Crippen molar-refractivity contribution in [1.82, 2.24) is 4.98 Å². The van der Waals surface area contributed by atoms with Crippen LogP contribution in [0.4, 0.5) is 18.9 Å². The molecule has 3 fully saturated rings. The second-order valence-electron chi connectivity index (χ2n) is 12.3. The van der Waals surface area contributed by atoms with E-state index >= 15 is 0 Å². The molecule has 230 valence electrons. The van der Waals surface area contributed by atoms with E-state index in [0.717, 1.165) is 48.9 Å². The van der Waals surface area contributed by atoms with Crippen LogP contribution in [-0.2, 0) is 22.4 Å². The molecule has 11 heteroatoms. The van der Waals surface area contributed by atoms with E-state index in [-0.39, 0.29) is 33.8 Å². The Balaban J connectivity index is 1.12. The SMILES string of the molecule is Cc1cccc(COc2ccc(C3c4sc(=O)[nH]c4SC4C3[C@H]3C[C@@H]4C4C(=O)N(c5ccccc5C(F)(F)F)C(=O)C43)cc2)c1. The molecule has 2 saturated carbocycles. The molecule has 6 nitrogen and oxygen atoms in total. The number of thioether (sulfide) groups is 1. The van der Waals surface area contributed by atoms with E-state index in [1.807, 2.05) is 49.4 Å². The summed E-state index contributed by atoms with van der Waals surface area (Å²) in [5.74, 6) is -2.42. The van der Waals surface area contributed by atoms with Crippen LogP contribution in [0.25, 0.3) is 0 Å². The van der Waals surface area contributed by atoms with Crippen molar-refractivity contribution in [1.29, 1.82) is 0 Å². The lowest BCUT2D eigenvalue weighted by atomic mass is 9.68. The maximum absolute atomic E-state index is 13.9. The number of alkyl halides is 3. The zero-order valence-corrected chi connectivity index (χ0v) is 25.5. The average molecular weight is 649 g/mol. The van der Waals surface area contributed by atoms with Gasteiger partial charge in [0.15, 0.2) is 0 Å². The second-order valence-corrected chi connectivity index (χ2v) is 14.5. The largest absolute Gasteiger partial charge is 0.489 e. The third-order valence-corrected chi connectivity index (χ3v) is 12.5. The smallest absolute Gasteiger partial charge is 0.418 e. The number of thiazole rings is 1.